The lowest BCUT2D eigenvalue weighted by Gasteiger charge is -2.38. The Morgan fingerprint density at radius 2 is 1.49 bits per heavy atom. The van der Waals surface area contributed by atoms with Crippen molar-refractivity contribution in [3.8, 4) is 11.5 Å². The summed E-state index contributed by atoms with van der Waals surface area (Å²) in [5, 5.41) is 0. The van der Waals surface area contributed by atoms with Crippen molar-refractivity contribution in [2.24, 2.45) is 17.8 Å². The van der Waals surface area contributed by atoms with E-state index >= 15 is 0 Å². The first-order valence-corrected chi connectivity index (χ1v) is 16.3. The van der Waals surface area contributed by atoms with E-state index in [0.29, 0.717) is 5.75 Å². The van der Waals surface area contributed by atoms with Crippen LogP contribution in [-0.2, 0) is 15.5 Å². The second kappa shape index (κ2) is 14.4. The molecule has 214 valence electrons. The number of benzene rings is 1. The first-order chi connectivity index (χ1) is 17.3. The molecule has 0 spiro atoms. The van der Waals surface area contributed by atoms with Crippen LogP contribution in [0, 0.1) is 38.5 Å². The predicted octanol–water partition coefficient (Wildman–Crippen LogP) is 9.65. The highest BCUT2D eigenvalue weighted by Gasteiger charge is 2.35. The van der Waals surface area contributed by atoms with E-state index in [9.17, 15) is 9.46 Å². The van der Waals surface area contributed by atoms with Gasteiger partial charge in [0.2, 0.25) is 0 Å². The van der Waals surface area contributed by atoms with Crippen molar-refractivity contribution in [1.29, 1.82) is 0 Å². The van der Waals surface area contributed by atoms with Crippen LogP contribution in [0.4, 0.5) is 0 Å². The summed E-state index contributed by atoms with van der Waals surface area (Å²) < 4.78 is 29.4. The number of hydrogen-bond acceptors (Lipinski definition) is 4. The molecule has 0 fully saturated rings. The summed E-state index contributed by atoms with van der Waals surface area (Å²) in [5.41, 5.74) is 3.60. The van der Waals surface area contributed by atoms with Crippen LogP contribution in [0.15, 0.2) is 0 Å². The number of ether oxygens (including phenoxy) is 1. The highest BCUT2D eigenvalue weighted by atomic mass is 31.2. The third-order valence-electron chi connectivity index (χ3n) is 8.34. The summed E-state index contributed by atoms with van der Waals surface area (Å²) in [4.78, 5) is 10.0. The van der Waals surface area contributed by atoms with Gasteiger partial charge in [0.05, 0.1) is 6.61 Å². The van der Waals surface area contributed by atoms with E-state index in [2.05, 4.69) is 34.6 Å². The first-order valence-electron chi connectivity index (χ1n) is 14.8. The van der Waals surface area contributed by atoms with Gasteiger partial charge in [-0.05, 0) is 94.7 Å². The molecule has 0 aromatic heterocycles. The molecule has 2 rings (SSSR count). The molecule has 0 amide bonds. The zero-order valence-electron chi connectivity index (χ0n) is 25.2. The van der Waals surface area contributed by atoms with Gasteiger partial charge in [0.25, 0.3) is 0 Å². The summed E-state index contributed by atoms with van der Waals surface area (Å²) in [6, 6.07) is 0. The smallest absolute Gasteiger partial charge is 0.487 e. The second-order valence-corrected chi connectivity index (χ2v) is 13.8. The maximum atomic E-state index is 12.3. The maximum absolute atomic E-state index is 12.3. The molecule has 4 atom stereocenters. The Morgan fingerprint density at radius 3 is 2.05 bits per heavy atom. The number of phosphoric acid groups is 1. The topological polar surface area (TPSA) is 65.0 Å². The molecule has 1 N–H and O–H groups in total. The van der Waals surface area contributed by atoms with Crippen LogP contribution in [0.3, 0.4) is 0 Å². The molecule has 1 heterocycles. The highest BCUT2D eigenvalue weighted by molar-refractivity contribution is 7.47. The second-order valence-electron chi connectivity index (χ2n) is 12.4. The van der Waals surface area contributed by atoms with Gasteiger partial charge in [-0.25, -0.2) is 4.57 Å². The van der Waals surface area contributed by atoms with E-state index < -0.39 is 7.82 Å². The predicted molar refractivity (Wildman–Crippen MR) is 155 cm³/mol. The lowest BCUT2D eigenvalue weighted by atomic mass is 9.84. The van der Waals surface area contributed by atoms with Gasteiger partial charge in [-0.2, -0.15) is 0 Å². The van der Waals surface area contributed by atoms with E-state index in [1.54, 1.807) is 6.92 Å². The van der Waals surface area contributed by atoms with Crippen LogP contribution in [0.1, 0.15) is 128 Å². The molecular weight excluding hydrogens is 483 g/mol. The molecule has 0 saturated carbocycles. The lowest BCUT2D eigenvalue weighted by molar-refractivity contribution is 0.0511. The molecule has 0 saturated heterocycles. The van der Waals surface area contributed by atoms with E-state index in [4.69, 9.17) is 13.8 Å². The molecule has 0 radical (unpaired) electrons. The minimum atomic E-state index is -4.14. The fourth-order valence-electron chi connectivity index (χ4n) is 5.70. The van der Waals surface area contributed by atoms with Crippen LogP contribution >= 0.6 is 7.82 Å². The van der Waals surface area contributed by atoms with Gasteiger partial charge in [0.15, 0.2) is 0 Å². The molecule has 0 bridgehead atoms. The van der Waals surface area contributed by atoms with E-state index in [1.165, 1.54) is 51.4 Å². The maximum Gasteiger partial charge on any atom is 0.527 e. The molecule has 5 nitrogen and oxygen atoms in total. The minimum absolute atomic E-state index is 0.118. The lowest BCUT2D eigenvalue weighted by Crippen LogP contribution is -2.37. The Hall–Kier alpha value is -1.03. The van der Waals surface area contributed by atoms with Crippen molar-refractivity contribution >= 4 is 7.82 Å². The van der Waals surface area contributed by atoms with Gasteiger partial charge in [-0.15, -0.1) is 0 Å². The standard InChI is InChI=1S/C31H55O5P/c1-10-34-37(32,33)36-29-25(6)26(7)30-28(27(29)8)19-21-31(9,35-30)20-13-18-24(5)17-12-16-23(4)15-11-14-22(2)3/h22-24H,10-21H2,1-9H3,(H,32,33)/t23-,24-,31-/m1/s1. The van der Waals surface area contributed by atoms with Crippen LogP contribution in [0.5, 0.6) is 11.5 Å². The zero-order chi connectivity index (χ0) is 27.8. The van der Waals surface area contributed by atoms with Gasteiger partial charge in [-0.3, -0.25) is 9.42 Å². The van der Waals surface area contributed by atoms with Gasteiger partial charge in [0, 0.05) is 5.56 Å². The number of fused-ring (bicyclic) bond motifs is 1. The van der Waals surface area contributed by atoms with E-state index in [-0.39, 0.29) is 12.2 Å². The average Bonchev–Trinajstić information content (AvgIpc) is 2.80. The third kappa shape index (κ3) is 9.90. The Balaban J connectivity index is 1.89. The van der Waals surface area contributed by atoms with Crippen molar-refractivity contribution in [2.75, 3.05) is 6.61 Å². The Bertz CT molecular complexity index is 912. The Kier molecular flexibility index (Phi) is 12.5. The summed E-state index contributed by atoms with van der Waals surface area (Å²) in [5.74, 6) is 3.81. The molecular formula is C31H55O5P. The van der Waals surface area contributed by atoms with E-state index in [1.807, 2.05) is 20.8 Å². The molecule has 1 aromatic carbocycles. The van der Waals surface area contributed by atoms with Crippen molar-refractivity contribution in [3.63, 3.8) is 0 Å². The quantitative estimate of drug-likeness (QED) is 0.212. The van der Waals surface area contributed by atoms with Gasteiger partial charge in [0.1, 0.15) is 17.1 Å². The summed E-state index contributed by atoms with van der Waals surface area (Å²) in [6.45, 7) is 19.4. The van der Waals surface area contributed by atoms with E-state index in [0.717, 1.165) is 65.0 Å². The van der Waals surface area contributed by atoms with Gasteiger partial charge < -0.3 is 9.26 Å². The molecule has 1 aromatic rings. The van der Waals surface area contributed by atoms with Crippen LogP contribution in [-0.4, -0.2) is 17.1 Å². The van der Waals surface area contributed by atoms with Gasteiger partial charge in [-0.1, -0.05) is 72.6 Å². The third-order valence-corrected chi connectivity index (χ3v) is 9.33. The summed E-state index contributed by atoms with van der Waals surface area (Å²) in [7, 11) is -4.14. The SMILES string of the molecule is CCOP(=O)(O)Oc1c(C)c(C)c2c(c1C)CC[C@@](C)(CCC[C@H](C)CCC[C@H](C)CCCC(C)C)O2. The van der Waals surface area contributed by atoms with Crippen molar-refractivity contribution < 1.29 is 23.2 Å². The highest BCUT2D eigenvalue weighted by Crippen LogP contribution is 2.50. The fraction of sp³-hybridized carbons (Fsp3) is 0.806. The number of rotatable bonds is 16. The van der Waals surface area contributed by atoms with Crippen LogP contribution < -0.4 is 9.26 Å². The normalized spacial score (nSPS) is 20.7. The Morgan fingerprint density at radius 1 is 0.919 bits per heavy atom. The molecule has 1 aliphatic rings. The van der Waals surface area contributed by atoms with Crippen molar-refractivity contribution in [2.45, 2.75) is 139 Å². The Labute approximate surface area is 227 Å². The molecule has 6 heteroatoms. The molecule has 1 aliphatic heterocycles. The number of phosphoric ester groups is 1. The zero-order valence-corrected chi connectivity index (χ0v) is 26.1. The average molecular weight is 539 g/mol. The molecule has 0 aliphatic carbocycles. The fourth-order valence-corrected chi connectivity index (χ4v) is 6.59. The summed E-state index contributed by atoms with van der Waals surface area (Å²) >= 11 is 0. The van der Waals surface area contributed by atoms with Crippen LogP contribution in [0.25, 0.3) is 0 Å². The minimum Gasteiger partial charge on any atom is -0.487 e. The molecule has 1 unspecified atom stereocenters. The van der Waals surface area contributed by atoms with Gasteiger partial charge >= 0.3 is 7.82 Å². The van der Waals surface area contributed by atoms with Crippen molar-refractivity contribution in [3.05, 3.63) is 22.3 Å². The van der Waals surface area contributed by atoms with Crippen LogP contribution in [0.2, 0.25) is 0 Å². The largest absolute Gasteiger partial charge is 0.527 e. The first kappa shape index (κ1) is 32.2. The van der Waals surface area contributed by atoms with Crippen molar-refractivity contribution in [1.82, 2.24) is 0 Å². The summed E-state index contributed by atoms with van der Waals surface area (Å²) in [6.07, 6.45) is 13.4. The molecule has 37 heavy (non-hydrogen) atoms. The number of hydrogen-bond donors (Lipinski definition) is 1. The monoisotopic (exact) mass is 538 g/mol.